The van der Waals surface area contributed by atoms with Crippen molar-refractivity contribution in [1.29, 1.82) is 0 Å². The summed E-state index contributed by atoms with van der Waals surface area (Å²) >= 11 is 0. The first-order chi connectivity index (χ1) is 9.60. The van der Waals surface area contributed by atoms with E-state index in [4.69, 9.17) is 5.73 Å². The van der Waals surface area contributed by atoms with Crippen LogP contribution in [0.15, 0.2) is 24.3 Å². The second-order valence-corrected chi connectivity index (χ2v) is 6.06. The Labute approximate surface area is 122 Å². The van der Waals surface area contributed by atoms with Gasteiger partial charge >= 0.3 is 0 Å². The molecule has 1 heterocycles. The normalized spacial score (nSPS) is 22.9. The molecule has 1 fully saturated rings. The number of hydrogen-bond acceptors (Lipinski definition) is 2. The molecule has 2 rings (SSSR count). The molecule has 3 nitrogen and oxygen atoms in total. The maximum absolute atomic E-state index is 12.4. The minimum atomic E-state index is 0.274. The molecule has 0 radical (unpaired) electrons. The van der Waals surface area contributed by atoms with Crippen molar-refractivity contribution in [2.75, 3.05) is 13.1 Å². The number of likely N-dealkylation sites (tertiary alicyclic amines) is 1. The van der Waals surface area contributed by atoms with Gasteiger partial charge < -0.3 is 10.6 Å². The molecule has 1 amide bonds. The number of hydrogen-bond donors (Lipinski definition) is 1. The van der Waals surface area contributed by atoms with Gasteiger partial charge in [-0.25, -0.2) is 0 Å². The lowest BCUT2D eigenvalue weighted by atomic mass is 9.93. The lowest BCUT2D eigenvalue weighted by Gasteiger charge is -2.37. The average molecular weight is 274 g/mol. The third-order valence-corrected chi connectivity index (χ3v) is 4.38. The van der Waals surface area contributed by atoms with Crippen molar-refractivity contribution in [2.45, 2.75) is 45.6 Å². The standard InChI is InChI=1S/C17H26N2O/c1-13-3-6-15(7-4-13)9-10-17(20)19-12-16(11-18)8-5-14(19)2/h3-4,6-7,14,16H,5,8-12,18H2,1-2H3. The van der Waals surface area contributed by atoms with Crippen LogP contribution in [-0.2, 0) is 11.2 Å². The molecule has 3 heteroatoms. The van der Waals surface area contributed by atoms with Crippen LogP contribution in [0, 0.1) is 12.8 Å². The van der Waals surface area contributed by atoms with Gasteiger partial charge in [-0.05, 0) is 51.1 Å². The van der Waals surface area contributed by atoms with Crippen molar-refractivity contribution in [3.8, 4) is 0 Å². The Morgan fingerprint density at radius 2 is 2.00 bits per heavy atom. The average Bonchev–Trinajstić information content (AvgIpc) is 2.47. The summed E-state index contributed by atoms with van der Waals surface area (Å²) in [5.41, 5.74) is 8.25. The van der Waals surface area contributed by atoms with Crippen LogP contribution in [0.5, 0.6) is 0 Å². The SMILES string of the molecule is Cc1ccc(CCC(=O)N2CC(CN)CCC2C)cc1. The molecule has 110 valence electrons. The van der Waals surface area contributed by atoms with Crippen LogP contribution in [0.3, 0.4) is 0 Å². The van der Waals surface area contributed by atoms with Crippen molar-refractivity contribution in [1.82, 2.24) is 4.90 Å². The van der Waals surface area contributed by atoms with Crippen LogP contribution in [-0.4, -0.2) is 29.9 Å². The van der Waals surface area contributed by atoms with Gasteiger partial charge in [0.2, 0.25) is 5.91 Å². The summed E-state index contributed by atoms with van der Waals surface area (Å²) in [5.74, 6) is 0.755. The van der Waals surface area contributed by atoms with E-state index in [2.05, 4.69) is 38.1 Å². The van der Waals surface area contributed by atoms with Crippen molar-refractivity contribution in [2.24, 2.45) is 11.7 Å². The summed E-state index contributed by atoms with van der Waals surface area (Å²) in [5, 5.41) is 0. The third-order valence-electron chi connectivity index (χ3n) is 4.38. The Kier molecular flexibility index (Phi) is 5.18. The lowest BCUT2D eigenvalue weighted by Crippen LogP contribution is -2.47. The van der Waals surface area contributed by atoms with Gasteiger partial charge in [0.05, 0.1) is 0 Å². The van der Waals surface area contributed by atoms with E-state index in [-0.39, 0.29) is 5.91 Å². The number of carbonyl (C=O) groups excluding carboxylic acids is 1. The van der Waals surface area contributed by atoms with Crippen LogP contribution in [0.2, 0.25) is 0 Å². The molecule has 0 saturated carbocycles. The van der Waals surface area contributed by atoms with Gasteiger partial charge in [-0.15, -0.1) is 0 Å². The molecule has 2 N–H and O–H groups in total. The Balaban J connectivity index is 1.88. The topological polar surface area (TPSA) is 46.3 Å². The summed E-state index contributed by atoms with van der Waals surface area (Å²) in [4.78, 5) is 14.4. The molecule has 1 aliphatic rings. The van der Waals surface area contributed by atoms with E-state index in [1.807, 2.05) is 4.90 Å². The zero-order valence-electron chi connectivity index (χ0n) is 12.6. The van der Waals surface area contributed by atoms with Crippen LogP contribution in [0.1, 0.15) is 37.3 Å². The van der Waals surface area contributed by atoms with Crippen LogP contribution >= 0.6 is 0 Å². The van der Waals surface area contributed by atoms with Crippen molar-refractivity contribution in [3.63, 3.8) is 0 Å². The minimum Gasteiger partial charge on any atom is -0.340 e. The Bertz CT molecular complexity index is 441. The number of carbonyl (C=O) groups is 1. The molecular weight excluding hydrogens is 248 g/mol. The maximum Gasteiger partial charge on any atom is 0.223 e. The van der Waals surface area contributed by atoms with Crippen LogP contribution in [0.25, 0.3) is 0 Å². The number of benzene rings is 1. The highest BCUT2D eigenvalue weighted by atomic mass is 16.2. The van der Waals surface area contributed by atoms with E-state index in [9.17, 15) is 4.79 Å². The monoisotopic (exact) mass is 274 g/mol. The Morgan fingerprint density at radius 3 is 2.65 bits per heavy atom. The molecule has 0 aliphatic carbocycles. The molecule has 1 saturated heterocycles. The zero-order valence-corrected chi connectivity index (χ0v) is 12.6. The fraction of sp³-hybridized carbons (Fsp3) is 0.588. The first-order valence-electron chi connectivity index (χ1n) is 7.65. The quantitative estimate of drug-likeness (QED) is 0.917. The number of piperidine rings is 1. The smallest absolute Gasteiger partial charge is 0.223 e. The van der Waals surface area contributed by atoms with E-state index in [1.54, 1.807) is 0 Å². The number of aryl methyl sites for hydroxylation is 2. The van der Waals surface area contributed by atoms with Gasteiger partial charge in [0.25, 0.3) is 0 Å². The highest BCUT2D eigenvalue weighted by Gasteiger charge is 2.27. The predicted octanol–water partition coefficient (Wildman–Crippen LogP) is 2.51. The minimum absolute atomic E-state index is 0.274. The second kappa shape index (κ2) is 6.89. The Hall–Kier alpha value is -1.35. The zero-order chi connectivity index (χ0) is 14.5. The molecular formula is C17H26N2O. The third kappa shape index (κ3) is 3.83. The van der Waals surface area contributed by atoms with E-state index < -0.39 is 0 Å². The van der Waals surface area contributed by atoms with Crippen LogP contribution in [0.4, 0.5) is 0 Å². The van der Waals surface area contributed by atoms with Gasteiger partial charge in [0.1, 0.15) is 0 Å². The van der Waals surface area contributed by atoms with E-state index in [0.29, 0.717) is 24.9 Å². The fourth-order valence-corrected chi connectivity index (χ4v) is 2.87. The van der Waals surface area contributed by atoms with Gasteiger partial charge in [-0.1, -0.05) is 29.8 Å². The first-order valence-corrected chi connectivity index (χ1v) is 7.65. The number of rotatable bonds is 4. The van der Waals surface area contributed by atoms with E-state index >= 15 is 0 Å². The summed E-state index contributed by atoms with van der Waals surface area (Å²) in [6.07, 6.45) is 3.66. The van der Waals surface area contributed by atoms with E-state index in [0.717, 1.165) is 25.8 Å². The van der Waals surface area contributed by atoms with Crippen LogP contribution < -0.4 is 5.73 Å². The van der Waals surface area contributed by atoms with Gasteiger partial charge in [0.15, 0.2) is 0 Å². The summed E-state index contributed by atoms with van der Waals surface area (Å²) < 4.78 is 0. The molecule has 2 atom stereocenters. The summed E-state index contributed by atoms with van der Waals surface area (Å²) in [7, 11) is 0. The molecule has 0 spiro atoms. The van der Waals surface area contributed by atoms with Gasteiger partial charge in [-0.2, -0.15) is 0 Å². The first kappa shape index (κ1) is 15.0. The number of nitrogens with two attached hydrogens (primary N) is 1. The molecule has 1 aromatic carbocycles. The highest BCUT2D eigenvalue weighted by molar-refractivity contribution is 5.77. The maximum atomic E-state index is 12.4. The Morgan fingerprint density at radius 1 is 1.30 bits per heavy atom. The summed E-state index contributed by atoms with van der Waals surface area (Å²) in [6, 6.07) is 8.81. The molecule has 2 unspecified atom stereocenters. The lowest BCUT2D eigenvalue weighted by molar-refractivity contribution is -0.135. The van der Waals surface area contributed by atoms with Crippen molar-refractivity contribution in [3.05, 3.63) is 35.4 Å². The molecule has 1 aromatic rings. The fourth-order valence-electron chi connectivity index (χ4n) is 2.87. The largest absolute Gasteiger partial charge is 0.340 e. The predicted molar refractivity (Wildman–Crippen MR) is 82.5 cm³/mol. The van der Waals surface area contributed by atoms with Gasteiger partial charge in [0, 0.05) is 19.0 Å². The van der Waals surface area contributed by atoms with Crippen molar-refractivity contribution >= 4 is 5.91 Å². The van der Waals surface area contributed by atoms with E-state index in [1.165, 1.54) is 11.1 Å². The molecule has 20 heavy (non-hydrogen) atoms. The molecule has 0 aromatic heterocycles. The van der Waals surface area contributed by atoms with Gasteiger partial charge in [-0.3, -0.25) is 4.79 Å². The molecule has 0 bridgehead atoms. The second-order valence-electron chi connectivity index (χ2n) is 6.06. The number of amides is 1. The molecule has 1 aliphatic heterocycles. The summed E-state index contributed by atoms with van der Waals surface area (Å²) in [6.45, 7) is 5.76. The number of nitrogens with zero attached hydrogens (tertiary/aromatic N) is 1. The highest BCUT2D eigenvalue weighted by Crippen LogP contribution is 2.22. The van der Waals surface area contributed by atoms with Crippen molar-refractivity contribution < 1.29 is 4.79 Å².